The zero-order chi connectivity index (χ0) is 24.3. The smallest absolute Gasteiger partial charge is 0.266 e. The van der Waals surface area contributed by atoms with E-state index in [1.807, 2.05) is 55.5 Å². The van der Waals surface area contributed by atoms with Crippen molar-refractivity contribution in [1.29, 1.82) is 5.26 Å². The molecule has 0 aliphatic carbocycles. The van der Waals surface area contributed by atoms with E-state index in [1.54, 1.807) is 30.3 Å². The molecule has 0 fully saturated rings. The van der Waals surface area contributed by atoms with Gasteiger partial charge in [-0.3, -0.25) is 4.79 Å². The molecule has 0 aromatic heterocycles. The molecule has 0 bridgehead atoms. The van der Waals surface area contributed by atoms with Crippen LogP contribution in [0.25, 0.3) is 6.08 Å². The van der Waals surface area contributed by atoms with Crippen molar-refractivity contribution in [3.05, 3.63) is 107 Å². The molecule has 6 heteroatoms. The van der Waals surface area contributed by atoms with Crippen LogP contribution in [0.1, 0.15) is 16.7 Å². The number of nitrogens with zero attached hydrogens (tertiary/aromatic N) is 1. The molecule has 0 aliphatic heterocycles. The summed E-state index contributed by atoms with van der Waals surface area (Å²) in [5.74, 6) is 0.754. The third-order valence-electron chi connectivity index (χ3n) is 4.88. The van der Waals surface area contributed by atoms with Gasteiger partial charge in [0.05, 0.1) is 0 Å². The normalized spacial score (nSPS) is 10.8. The summed E-state index contributed by atoms with van der Waals surface area (Å²) in [6.07, 6.45) is 4.00. The number of nitrogens with one attached hydrogen (secondary N) is 1. The van der Waals surface area contributed by atoms with Gasteiger partial charge >= 0.3 is 0 Å². The van der Waals surface area contributed by atoms with Gasteiger partial charge in [0.1, 0.15) is 36.4 Å². The van der Waals surface area contributed by atoms with E-state index in [0.29, 0.717) is 35.1 Å². The Morgan fingerprint density at radius 2 is 1.76 bits per heavy atom. The lowest BCUT2D eigenvalue weighted by molar-refractivity contribution is -0.112. The Kier molecular flexibility index (Phi) is 8.90. The Hall–Kier alpha value is -4.01. The monoisotopic (exact) mass is 472 g/mol. The van der Waals surface area contributed by atoms with Gasteiger partial charge in [0.2, 0.25) is 0 Å². The fourth-order valence-electron chi connectivity index (χ4n) is 3.18. The number of ether oxygens (including phenoxy) is 2. The molecule has 172 valence electrons. The van der Waals surface area contributed by atoms with Crippen LogP contribution in [0.5, 0.6) is 11.5 Å². The number of halogens is 1. The lowest BCUT2D eigenvalue weighted by Crippen LogP contribution is -2.13. The molecular weight excluding hydrogens is 448 g/mol. The SMILES string of the molecule is C=CCc1ccccc1OCCOc1ccc(Cl)cc1C=C(C#N)C(=O)Nc1ccc(C)cc1. The molecule has 1 N–H and O–H groups in total. The summed E-state index contributed by atoms with van der Waals surface area (Å²) in [5, 5.41) is 12.8. The van der Waals surface area contributed by atoms with E-state index < -0.39 is 5.91 Å². The zero-order valence-corrected chi connectivity index (χ0v) is 19.6. The van der Waals surface area contributed by atoms with Gasteiger partial charge in [-0.05, 0) is 61.4 Å². The maximum atomic E-state index is 12.6. The molecule has 3 aromatic rings. The number of para-hydroxylation sites is 1. The molecular formula is C28H25ClN2O3. The van der Waals surface area contributed by atoms with Crippen molar-refractivity contribution in [2.24, 2.45) is 0 Å². The zero-order valence-electron chi connectivity index (χ0n) is 18.9. The lowest BCUT2D eigenvalue weighted by Gasteiger charge is -2.13. The minimum absolute atomic E-state index is 0.0673. The fourth-order valence-corrected chi connectivity index (χ4v) is 3.36. The molecule has 0 unspecified atom stereocenters. The number of hydrogen-bond donors (Lipinski definition) is 1. The van der Waals surface area contributed by atoms with Crippen molar-refractivity contribution in [2.45, 2.75) is 13.3 Å². The van der Waals surface area contributed by atoms with Crippen LogP contribution in [0.3, 0.4) is 0 Å². The van der Waals surface area contributed by atoms with Gasteiger partial charge in [-0.1, -0.05) is 53.6 Å². The first-order chi connectivity index (χ1) is 16.5. The molecule has 0 radical (unpaired) electrons. The van der Waals surface area contributed by atoms with Gasteiger partial charge in [-0.2, -0.15) is 5.26 Å². The molecule has 0 heterocycles. The second-order valence-electron chi connectivity index (χ2n) is 7.47. The molecule has 34 heavy (non-hydrogen) atoms. The Balaban J connectivity index is 1.69. The Labute approximate surface area is 204 Å². The Bertz CT molecular complexity index is 1230. The first kappa shape index (κ1) is 24.6. The number of aryl methyl sites for hydroxylation is 1. The van der Waals surface area contributed by atoms with Crippen LogP contribution in [0, 0.1) is 18.3 Å². The summed E-state index contributed by atoms with van der Waals surface area (Å²) in [4.78, 5) is 12.6. The maximum absolute atomic E-state index is 12.6. The highest BCUT2D eigenvalue weighted by molar-refractivity contribution is 6.30. The van der Waals surface area contributed by atoms with Crippen LogP contribution >= 0.6 is 11.6 Å². The van der Waals surface area contributed by atoms with Crippen molar-refractivity contribution in [3.63, 3.8) is 0 Å². The standard InChI is InChI=1S/C28H25ClN2O3/c1-3-6-21-7-4-5-8-26(21)33-15-16-34-27-14-11-24(29)18-22(27)17-23(19-30)28(32)31-25-12-9-20(2)10-13-25/h3-5,7-14,17-18H,1,6,15-16H2,2H3,(H,31,32). The first-order valence-corrected chi connectivity index (χ1v) is 11.1. The maximum Gasteiger partial charge on any atom is 0.266 e. The van der Waals surface area contributed by atoms with Crippen LogP contribution < -0.4 is 14.8 Å². The highest BCUT2D eigenvalue weighted by Gasteiger charge is 2.12. The van der Waals surface area contributed by atoms with Crippen LogP contribution in [0.15, 0.2) is 85.0 Å². The second-order valence-corrected chi connectivity index (χ2v) is 7.91. The number of nitriles is 1. The molecule has 0 saturated heterocycles. The summed E-state index contributed by atoms with van der Waals surface area (Å²) < 4.78 is 11.7. The predicted molar refractivity (Wildman–Crippen MR) is 136 cm³/mol. The van der Waals surface area contributed by atoms with Crippen molar-refractivity contribution in [2.75, 3.05) is 18.5 Å². The van der Waals surface area contributed by atoms with Crippen molar-refractivity contribution >= 4 is 29.3 Å². The quantitative estimate of drug-likeness (QED) is 0.161. The van der Waals surface area contributed by atoms with Crippen LogP contribution in [-0.2, 0) is 11.2 Å². The highest BCUT2D eigenvalue weighted by atomic mass is 35.5. The summed E-state index contributed by atoms with van der Waals surface area (Å²) in [6, 6.07) is 22.1. The average Bonchev–Trinajstić information content (AvgIpc) is 2.83. The molecule has 5 nitrogen and oxygen atoms in total. The molecule has 1 amide bonds. The van der Waals surface area contributed by atoms with Gasteiger partial charge in [0, 0.05) is 16.3 Å². The van der Waals surface area contributed by atoms with E-state index in [0.717, 1.165) is 16.9 Å². The number of hydrogen-bond acceptors (Lipinski definition) is 4. The topological polar surface area (TPSA) is 71.3 Å². The second kappa shape index (κ2) is 12.3. The third kappa shape index (κ3) is 6.99. The van der Waals surface area contributed by atoms with Crippen molar-refractivity contribution in [1.82, 2.24) is 0 Å². The van der Waals surface area contributed by atoms with Gasteiger partial charge in [0.15, 0.2) is 0 Å². The van der Waals surface area contributed by atoms with E-state index in [2.05, 4.69) is 11.9 Å². The number of carbonyl (C=O) groups is 1. The van der Waals surface area contributed by atoms with E-state index in [4.69, 9.17) is 21.1 Å². The Morgan fingerprint density at radius 1 is 1.06 bits per heavy atom. The van der Waals surface area contributed by atoms with Crippen molar-refractivity contribution in [3.8, 4) is 17.6 Å². The first-order valence-electron chi connectivity index (χ1n) is 10.7. The van der Waals surface area contributed by atoms with Crippen LogP contribution in [-0.4, -0.2) is 19.1 Å². The number of benzene rings is 3. The van der Waals surface area contributed by atoms with Crippen LogP contribution in [0.2, 0.25) is 5.02 Å². The predicted octanol–water partition coefficient (Wildman–Crippen LogP) is 6.38. The van der Waals surface area contributed by atoms with E-state index in [-0.39, 0.29) is 12.2 Å². The Morgan fingerprint density at radius 3 is 2.47 bits per heavy atom. The molecule has 0 atom stereocenters. The molecule has 3 rings (SSSR count). The van der Waals surface area contributed by atoms with Gasteiger partial charge in [0.25, 0.3) is 5.91 Å². The number of carbonyl (C=O) groups excluding carboxylic acids is 1. The van der Waals surface area contributed by atoms with Crippen LogP contribution in [0.4, 0.5) is 5.69 Å². The summed E-state index contributed by atoms with van der Waals surface area (Å²) in [7, 11) is 0. The minimum atomic E-state index is -0.514. The highest BCUT2D eigenvalue weighted by Crippen LogP contribution is 2.26. The minimum Gasteiger partial charge on any atom is -0.490 e. The largest absolute Gasteiger partial charge is 0.490 e. The lowest BCUT2D eigenvalue weighted by atomic mass is 10.1. The number of amides is 1. The molecule has 0 spiro atoms. The van der Waals surface area contributed by atoms with Gasteiger partial charge < -0.3 is 14.8 Å². The van der Waals surface area contributed by atoms with E-state index in [9.17, 15) is 10.1 Å². The molecule has 0 saturated carbocycles. The fraction of sp³-hybridized carbons (Fsp3) is 0.143. The number of rotatable bonds is 10. The average molecular weight is 473 g/mol. The summed E-state index contributed by atoms with van der Waals surface area (Å²) in [5.41, 5.74) is 3.18. The van der Waals surface area contributed by atoms with Gasteiger partial charge in [-0.25, -0.2) is 0 Å². The number of anilines is 1. The van der Waals surface area contributed by atoms with Gasteiger partial charge in [-0.15, -0.1) is 6.58 Å². The van der Waals surface area contributed by atoms with E-state index >= 15 is 0 Å². The van der Waals surface area contributed by atoms with Crippen molar-refractivity contribution < 1.29 is 14.3 Å². The summed E-state index contributed by atoms with van der Waals surface area (Å²) in [6.45, 7) is 6.31. The molecule has 0 aliphatic rings. The third-order valence-corrected chi connectivity index (χ3v) is 5.12. The summed E-state index contributed by atoms with van der Waals surface area (Å²) >= 11 is 6.16. The molecule has 3 aromatic carbocycles. The number of allylic oxidation sites excluding steroid dienone is 1. The van der Waals surface area contributed by atoms with E-state index in [1.165, 1.54) is 6.08 Å².